The lowest BCUT2D eigenvalue weighted by Crippen LogP contribution is -2.30. The number of esters is 1. The number of benzene rings is 2. The molecule has 0 aliphatic rings. The van der Waals surface area contributed by atoms with Gasteiger partial charge in [0.2, 0.25) is 10.0 Å². The molecule has 2 aromatic carbocycles. The number of nitrogens with one attached hydrogen (secondary N) is 1. The predicted octanol–water partition coefficient (Wildman–Crippen LogP) is 1.67. The summed E-state index contributed by atoms with van der Waals surface area (Å²) in [6.07, 6.45) is -1.18. The van der Waals surface area contributed by atoms with E-state index in [1.165, 1.54) is 50.4 Å². The van der Waals surface area contributed by atoms with Gasteiger partial charge in [0.15, 0.2) is 17.7 Å². The van der Waals surface area contributed by atoms with Crippen molar-refractivity contribution in [3.63, 3.8) is 0 Å². The van der Waals surface area contributed by atoms with Crippen LogP contribution < -0.4 is 15.2 Å². The average molecular weight is 396 g/mol. The van der Waals surface area contributed by atoms with Crippen LogP contribution in [0, 0.1) is 5.82 Å². The molecule has 3 N–H and O–H groups in total. The molecule has 1 unspecified atom stereocenters. The highest BCUT2D eigenvalue weighted by molar-refractivity contribution is 7.89. The van der Waals surface area contributed by atoms with Crippen LogP contribution in [0.1, 0.15) is 17.3 Å². The van der Waals surface area contributed by atoms with Crippen molar-refractivity contribution in [2.45, 2.75) is 17.9 Å². The Morgan fingerprint density at radius 2 is 1.78 bits per heavy atom. The topological polar surface area (TPSA) is 125 Å². The molecule has 8 nitrogen and oxygen atoms in total. The normalized spacial score (nSPS) is 12.1. The van der Waals surface area contributed by atoms with Crippen LogP contribution >= 0.6 is 0 Å². The maximum Gasteiger partial charge on any atom is 0.339 e. The van der Waals surface area contributed by atoms with Crippen molar-refractivity contribution in [2.24, 2.45) is 5.14 Å². The quantitative estimate of drug-likeness (QED) is 0.716. The van der Waals surface area contributed by atoms with Crippen LogP contribution in [0.15, 0.2) is 47.4 Å². The lowest BCUT2D eigenvalue weighted by Gasteiger charge is -2.14. The molecule has 27 heavy (non-hydrogen) atoms. The fourth-order valence-corrected chi connectivity index (χ4v) is 2.56. The van der Waals surface area contributed by atoms with Crippen molar-refractivity contribution >= 4 is 27.6 Å². The largest absolute Gasteiger partial charge is 0.494 e. The van der Waals surface area contributed by atoms with E-state index in [2.05, 4.69) is 5.32 Å². The van der Waals surface area contributed by atoms with Crippen molar-refractivity contribution in [1.82, 2.24) is 0 Å². The van der Waals surface area contributed by atoms with E-state index in [4.69, 9.17) is 14.6 Å². The van der Waals surface area contributed by atoms with Crippen molar-refractivity contribution in [1.29, 1.82) is 0 Å². The van der Waals surface area contributed by atoms with Crippen LogP contribution in [0.4, 0.5) is 10.1 Å². The summed E-state index contributed by atoms with van der Waals surface area (Å²) in [4.78, 5) is 24.0. The summed E-state index contributed by atoms with van der Waals surface area (Å²) in [5.41, 5.74) is 0.205. The molecule has 0 aromatic heterocycles. The molecule has 0 heterocycles. The summed E-state index contributed by atoms with van der Waals surface area (Å²) in [6.45, 7) is 1.34. The first-order chi connectivity index (χ1) is 12.6. The molecule has 1 amide bonds. The molecule has 10 heteroatoms. The number of hydrogen-bond donors (Lipinski definition) is 2. The van der Waals surface area contributed by atoms with Crippen LogP contribution in [0.3, 0.4) is 0 Å². The number of nitrogens with two attached hydrogens (primary N) is 1. The molecule has 0 saturated carbocycles. The summed E-state index contributed by atoms with van der Waals surface area (Å²) in [5, 5.41) is 7.45. The summed E-state index contributed by atoms with van der Waals surface area (Å²) in [6, 6.07) is 8.64. The van der Waals surface area contributed by atoms with E-state index in [-0.39, 0.29) is 21.9 Å². The summed E-state index contributed by atoms with van der Waals surface area (Å²) in [5.74, 6) is -2.30. The SMILES string of the molecule is COc1ccc(C(=O)OC(C)C(=O)Nc2ccc(S(N)(=O)=O)cc2)cc1F. The van der Waals surface area contributed by atoms with E-state index in [0.29, 0.717) is 0 Å². The summed E-state index contributed by atoms with van der Waals surface area (Å²) < 4.78 is 45.8. The van der Waals surface area contributed by atoms with E-state index in [1.807, 2.05) is 0 Å². The second-order valence-electron chi connectivity index (χ2n) is 5.46. The first kappa shape index (κ1) is 20.3. The van der Waals surface area contributed by atoms with Crippen LogP contribution in [-0.2, 0) is 19.6 Å². The number of rotatable bonds is 6. The van der Waals surface area contributed by atoms with Crippen LogP contribution in [-0.4, -0.2) is 33.5 Å². The molecule has 0 saturated heterocycles. The summed E-state index contributed by atoms with van der Waals surface area (Å²) in [7, 11) is -2.55. The summed E-state index contributed by atoms with van der Waals surface area (Å²) >= 11 is 0. The van der Waals surface area contributed by atoms with Gasteiger partial charge in [-0.15, -0.1) is 0 Å². The highest BCUT2D eigenvalue weighted by Crippen LogP contribution is 2.19. The Balaban J connectivity index is 2.00. The third-order valence-electron chi connectivity index (χ3n) is 3.49. The van der Waals surface area contributed by atoms with Crippen LogP contribution in [0.25, 0.3) is 0 Å². The number of carbonyl (C=O) groups is 2. The molecular weight excluding hydrogens is 379 g/mol. The molecule has 0 spiro atoms. The van der Waals surface area contributed by atoms with Gasteiger partial charge in [0.1, 0.15) is 0 Å². The first-order valence-electron chi connectivity index (χ1n) is 7.60. The molecular formula is C17H17FN2O6S. The number of hydrogen-bond acceptors (Lipinski definition) is 6. The Hall–Kier alpha value is -2.98. The molecule has 144 valence electrons. The van der Waals surface area contributed by atoms with Gasteiger partial charge in [0.05, 0.1) is 17.6 Å². The Morgan fingerprint density at radius 1 is 1.15 bits per heavy atom. The van der Waals surface area contributed by atoms with Crippen molar-refractivity contribution in [2.75, 3.05) is 12.4 Å². The Kier molecular flexibility index (Phi) is 6.13. The highest BCUT2D eigenvalue weighted by atomic mass is 32.2. The molecule has 0 bridgehead atoms. The first-order valence-corrected chi connectivity index (χ1v) is 9.14. The Labute approximate surface area is 155 Å². The second kappa shape index (κ2) is 8.14. The monoisotopic (exact) mass is 396 g/mol. The van der Waals surface area contributed by atoms with Gasteiger partial charge in [-0.2, -0.15) is 0 Å². The van der Waals surface area contributed by atoms with Crippen LogP contribution in [0.5, 0.6) is 5.75 Å². The molecule has 0 radical (unpaired) electrons. The fourth-order valence-electron chi connectivity index (χ4n) is 2.05. The Morgan fingerprint density at radius 3 is 2.30 bits per heavy atom. The van der Waals surface area contributed by atoms with Crippen molar-refractivity contribution in [3.8, 4) is 5.75 Å². The van der Waals surface area contributed by atoms with Gasteiger partial charge < -0.3 is 14.8 Å². The minimum absolute atomic E-state index is 0.0275. The number of amides is 1. The zero-order valence-corrected chi connectivity index (χ0v) is 15.2. The van der Waals surface area contributed by atoms with E-state index < -0.39 is 33.8 Å². The van der Waals surface area contributed by atoms with Gasteiger partial charge in [0.25, 0.3) is 5.91 Å². The van der Waals surface area contributed by atoms with Gasteiger partial charge in [-0.05, 0) is 49.4 Å². The molecule has 0 fully saturated rings. The Bertz CT molecular complexity index is 960. The zero-order valence-electron chi connectivity index (χ0n) is 14.4. The molecule has 2 aromatic rings. The van der Waals surface area contributed by atoms with E-state index in [0.717, 1.165) is 6.07 Å². The zero-order chi connectivity index (χ0) is 20.2. The van der Waals surface area contributed by atoms with Crippen molar-refractivity contribution < 1.29 is 31.9 Å². The maximum absolute atomic E-state index is 13.6. The number of carbonyl (C=O) groups excluding carboxylic acids is 2. The maximum atomic E-state index is 13.6. The number of sulfonamides is 1. The number of methoxy groups -OCH3 is 1. The van der Waals surface area contributed by atoms with Gasteiger partial charge >= 0.3 is 5.97 Å². The van der Waals surface area contributed by atoms with Gasteiger partial charge in [-0.1, -0.05) is 0 Å². The smallest absolute Gasteiger partial charge is 0.339 e. The standard InChI is InChI=1S/C17H17FN2O6S/c1-10(26-17(22)11-3-8-15(25-2)14(18)9-11)16(21)20-12-4-6-13(7-5-12)27(19,23)24/h3-10H,1-2H3,(H,20,21)(H2,19,23,24). The van der Waals surface area contributed by atoms with Gasteiger partial charge in [-0.25, -0.2) is 22.7 Å². The minimum atomic E-state index is -3.84. The van der Waals surface area contributed by atoms with Gasteiger partial charge in [0, 0.05) is 5.69 Å². The molecule has 1 atom stereocenters. The minimum Gasteiger partial charge on any atom is -0.494 e. The third kappa shape index (κ3) is 5.25. The number of halogens is 1. The average Bonchev–Trinajstić information content (AvgIpc) is 2.61. The number of ether oxygens (including phenoxy) is 2. The molecule has 2 rings (SSSR count). The van der Waals surface area contributed by atoms with Crippen molar-refractivity contribution in [3.05, 3.63) is 53.8 Å². The van der Waals surface area contributed by atoms with E-state index in [1.54, 1.807) is 0 Å². The lowest BCUT2D eigenvalue weighted by atomic mass is 10.2. The highest BCUT2D eigenvalue weighted by Gasteiger charge is 2.20. The number of primary sulfonamides is 1. The van der Waals surface area contributed by atoms with E-state index in [9.17, 15) is 22.4 Å². The fraction of sp³-hybridized carbons (Fsp3) is 0.176. The third-order valence-corrected chi connectivity index (χ3v) is 4.42. The molecule has 0 aliphatic heterocycles. The van der Waals surface area contributed by atoms with Crippen LogP contribution in [0.2, 0.25) is 0 Å². The number of anilines is 1. The lowest BCUT2D eigenvalue weighted by molar-refractivity contribution is -0.123. The van der Waals surface area contributed by atoms with E-state index >= 15 is 0 Å². The molecule has 0 aliphatic carbocycles. The van der Waals surface area contributed by atoms with Gasteiger partial charge in [-0.3, -0.25) is 4.79 Å². The predicted molar refractivity (Wildman–Crippen MR) is 94.3 cm³/mol. The second-order valence-corrected chi connectivity index (χ2v) is 7.02.